The lowest BCUT2D eigenvalue weighted by Crippen LogP contribution is -2.23. The van der Waals surface area contributed by atoms with Gasteiger partial charge >= 0.3 is 0 Å². The maximum Gasteiger partial charge on any atom is 0.253 e. The monoisotopic (exact) mass is 230 g/mol. The van der Waals surface area contributed by atoms with Gasteiger partial charge in [-0.3, -0.25) is 9.78 Å². The van der Waals surface area contributed by atoms with Crippen molar-refractivity contribution >= 4 is 5.91 Å². The largest absolute Gasteiger partial charge is 0.506 e. The van der Waals surface area contributed by atoms with Gasteiger partial charge in [0.25, 0.3) is 5.91 Å². The average Bonchev–Trinajstić information content (AvgIpc) is 2.37. The maximum atomic E-state index is 11.7. The quantitative estimate of drug-likeness (QED) is 0.801. The number of nitrogens with zero attached hydrogens (tertiary/aromatic N) is 3. The van der Waals surface area contributed by atoms with Gasteiger partial charge in [0, 0.05) is 12.4 Å². The topological polar surface area (TPSA) is 88.0 Å². The van der Waals surface area contributed by atoms with Crippen molar-refractivity contribution in [3.63, 3.8) is 0 Å². The number of carbonyl (C=O) groups is 1. The Morgan fingerprint density at radius 3 is 3.00 bits per heavy atom. The van der Waals surface area contributed by atoms with Crippen LogP contribution in [0.3, 0.4) is 0 Å². The van der Waals surface area contributed by atoms with Crippen molar-refractivity contribution in [2.24, 2.45) is 0 Å². The summed E-state index contributed by atoms with van der Waals surface area (Å²) in [6, 6.07) is 4.84. The first kappa shape index (κ1) is 11.0. The molecule has 2 rings (SSSR count). The normalized spacial score (nSPS) is 9.88. The molecule has 0 aromatic carbocycles. The summed E-state index contributed by atoms with van der Waals surface area (Å²) in [6.45, 7) is 0.280. The van der Waals surface area contributed by atoms with Gasteiger partial charge in [-0.25, -0.2) is 0 Å². The number of aromatic nitrogens is 3. The third-order valence-corrected chi connectivity index (χ3v) is 2.04. The molecule has 2 aromatic rings. The second kappa shape index (κ2) is 5.02. The Morgan fingerprint density at radius 1 is 1.41 bits per heavy atom. The second-order valence-electron chi connectivity index (χ2n) is 3.33. The van der Waals surface area contributed by atoms with Crippen molar-refractivity contribution in [2.45, 2.75) is 6.54 Å². The summed E-state index contributed by atoms with van der Waals surface area (Å²) in [4.78, 5) is 15.4. The van der Waals surface area contributed by atoms with E-state index in [1.165, 1.54) is 18.5 Å². The Balaban J connectivity index is 1.98. The minimum absolute atomic E-state index is 0.0443. The van der Waals surface area contributed by atoms with Crippen molar-refractivity contribution in [2.75, 3.05) is 0 Å². The van der Waals surface area contributed by atoms with Gasteiger partial charge in [0.1, 0.15) is 5.75 Å². The minimum atomic E-state index is -0.320. The van der Waals surface area contributed by atoms with Gasteiger partial charge in [0.15, 0.2) is 0 Å². The summed E-state index contributed by atoms with van der Waals surface area (Å²) in [6.07, 6.45) is 4.20. The van der Waals surface area contributed by atoms with E-state index in [9.17, 15) is 9.90 Å². The van der Waals surface area contributed by atoms with E-state index in [-0.39, 0.29) is 18.2 Å². The van der Waals surface area contributed by atoms with Crippen LogP contribution in [0.15, 0.2) is 36.8 Å². The van der Waals surface area contributed by atoms with Crippen LogP contribution in [0.25, 0.3) is 0 Å². The third-order valence-electron chi connectivity index (χ3n) is 2.04. The summed E-state index contributed by atoms with van der Waals surface area (Å²) < 4.78 is 0. The molecule has 6 heteroatoms. The first-order chi connectivity index (χ1) is 8.25. The Hall–Kier alpha value is -2.50. The molecule has 0 bridgehead atoms. The van der Waals surface area contributed by atoms with E-state index in [2.05, 4.69) is 20.5 Å². The van der Waals surface area contributed by atoms with Crippen LogP contribution in [0.1, 0.15) is 16.1 Å². The molecule has 2 heterocycles. The molecule has 0 fully saturated rings. The van der Waals surface area contributed by atoms with Crippen LogP contribution in [0.5, 0.6) is 5.75 Å². The van der Waals surface area contributed by atoms with Crippen LogP contribution in [-0.4, -0.2) is 26.2 Å². The van der Waals surface area contributed by atoms with Crippen LogP contribution in [0, 0.1) is 0 Å². The van der Waals surface area contributed by atoms with E-state index < -0.39 is 0 Å². The molecule has 1 amide bonds. The van der Waals surface area contributed by atoms with Crippen molar-refractivity contribution in [1.82, 2.24) is 20.5 Å². The van der Waals surface area contributed by atoms with E-state index in [0.29, 0.717) is 11.3 Å². The number of aromatic hydroxyl groups is 1. The van der Waals surface area contributed by atoms with Gasteiger partial charge in [-0.15, -0.1) is 0 Å². The second-order valence-corrected chi connectivity index (χ2v) is 3.33. The first-order valence-electron chi connectivity index (χ1n) is 4.94. The molecule has 2 N–H and O–H groups in total. The van der Waals surface area contributed by atoms with Crippen molar-refractivity contribution in [1.29, 1.82) is 0 Å². The molecular weight excluding hydrogens is 220 g/mol. The number of carbonyl (C=O) groups excluding carboxylic acids is 1. The summed E-state index contributed by atoms with van der Waals surface area (Å²) >= 11 is 0. The molecule has 0 atom stereocenters. The number of hydrogen-bond acceptors (Lipinski definition) is 5. The zero-order chi connectivity index (χ0) is 12.1. The minimum Gasteiger partial charge on any atom is -0.506 e. The summed E-state index contributed by atoms with van der Waals surface area (Å²) in [5.41, 5.74) is 0.961. The van der Waals surface area contributed by atoms with Gasteiger partial charge in [-0.2, -0.15) is 10.2 Å². The van der Waals surface area contributed by atoms with Crippen LogP contribution < -0.4 is 5.32 Å². The lowest BCUT2D eigenvalue weighted by molar-refractivity contribution is 0.0949. The van der Waals surface area contributed by atoms with Gasteiger partial charge in [0.05, 0.1) is 24.0 Å². The number of nitrogens with one attached hydrogen (secondary N) is 1. The SMILES string of the molecule is O=C(NCc1cccnn1)c1cncc(O)c1. The van der Waals surface area contributed by atoms with Crippen molar-refractivity contribution in [3.05, 3.63) is 48.0 Å². The highest BCUT2D eigenvalue weighted by molar-refractivity contribution is 5.94. The predicted octanol–water partition coefficient (Wildman–Crippen LogP) is 0.507. The number of rotatable bonds is 3. The zero-order valence-electron chi connectivity index (χ0n) is 8.87. The van der Waals surface area contributed by atoms with Crippen LogP contribution in [0.2, 0.25) is 0 Å². The van der Waals surface area contributed by atoms with Crippen molar-refractivity contribution < 1.29 is 9.90 Å². The summed E-state index contributed by atoms with van der Waals surface area (Å²) in [5.74, 6) is -0.365. The highest BCUT2D eigenvalue weighted by Crippen LogP contribution is 2.08. The van der Waals surface area contributed by atoms with Crippen LogP contribution in [0.4, 0.5) is 0 Å². The molecular formula is C11H10N4O2. The fraction of sp³-hybridized carbons (Fsp3) is 0.0909. The maximum absolute atomic E-state index is 11.7. The average molecular weight is 230 g/mol. The lowest BCUT2D eigenvalue weighted by atomic mass is 10.2. The fourth-order valence-corrected chi connectivity index (χ4v) is 1.25. The Kier molecular flexibility index (Phi) is 3.25. The first-order valence-corrected chi connectivity index (χ1v) is 4.94. The van der Waals surface area contributed by atoms with Gasteiger partial charge < -0.3 is 10.4 Å². The van der Waals surface area contributed by atoms with E-state index in [4.69, 9.17) is 0 Å². The number of pyridine rings is 1. The molecule has 0 aliphatic heterocycles. The van der Waals surface area contributed by atoms with E-state index in [1.54, 1.807) is 18.3 Å². The molecule has 0 aliphatic rings. The van der Waals surface area contributed by atoms with Gasteiger partial charge in [0.2, 0.25) is 0 Å². The third kappa shape index (κ3) is 2.97. The summed E-state index contributed by atoms with van der Waals surface area (Å²) in [5, 5.41) is 19.4. The standard InChI is InChI=1S/C11H10N4O2/c16-10-4-8(5-12-7-10)11(17)13-6-9-2-1-3-14-15-9/h1-5,7,16H,6H2,(H,13,17). The zero-order valence-corrected chi connectivity index (χ0v) is 8.87. The molecule has 0 aliphatic carbocycles. The lowest BCUT2D eigenvalue weighted by Gasteiger charge is -2.03. The molecule has 0 radical (unpaired) electrons. The van der Waals surface area contributed by atoms with Crippen LogP contribution >= 0.6 is 0 Å². The Bertz CT molecular complexity index is 516. The highest BCUT2D eigenvalue weighted by atomic mass is 16.3. The molecule has 0 spiro atoms. The van der Waals surface area contributed by atoms with Crippen LogP contribution in [-0.2, 0) is 6.54 Å². The molecule has 0 saturated carbocycles. The highest BCUT2D eigenvalue weighted by Gasteiger charge is 2.06. The predicted molar refractivity (Wildman–Crippen MR) is 59.1 cm³/mol. The number of hydrogen-bond donors (Lipinski definition) is 2. The Morgan fingerprint density at radius 2 is 2.29 bits per heavy atom. The summed E-state index contributed by atoms with van der Waals surface area (Å²) in [7, 11) is 0. The van der Waals surface area contributed by atoms with Crippen molar-refractivity contribution in [3.8, 4) is 5.75 Å². The molecule has 2 aromatic heterocycles. The van der Waals surface area contributed by atoms with Gasteiger partial charge in [-0.1, -0.05) is 0 Å². The molecule has 0 unspecified atom stereocenters. The van der Waals surface area contributed by atoms with E-state index in [0.717, 1.165) is 0 Å². The molecule has 86 valence electrons. The Labute approximate surface area is 97.4 Å². The van der Waals surface area contributed by atoms with Gasteiger partial charge in [-0.05, 0) is 18.2 Å². The smallest absolute Gasteiger partial charge is 0.253 e. The number of amides is 1. The molecule has 17 heavy (non-hydrogen) atoms. The fourth-order valence-electron chi connectivity index (χ4n) is 1.25. The van der Waals surface area contributed by atoms with E-state index >= 15 is 0 Å². The van der Waals surface area contributed by atoms with E-state index in [1.807, 2.05) is 0 Å². The molecule has 0 saturated heterocycles. The molecule has 6 nitrogen and oxygen atoms in total.